The molecular weight excluding hydrogens is 385 g/mol. The van der Waals surface area contributed by atoms with Gasteiger partial charge in [0.1, 0.15) is 0 Å². The van der Waals surface area contributed by atoms with E-state index in [1.807, 2.05) is 0 Å². The largest absolute Gasteiger partial charge is 0.147 e. The Kier molecular flexibility index (Phi) is 3.84. The van der Waals surface area contributed by atoms with E-state index in [0.29, 0.717) is 0 Å². The number of hydrogen-bond acceptors (Lipinski definition) is 0. The topological polar surface area (TPSA) is 15.8 Å². The Bertz CT molecular complexity index is 1030. The van der Waals surface area contributed by atoms with Gasteiger partial charge in [0.05, 0.1) is 0 Å². The number of rotatable bonds is 2. The van der Waals surface area contributed by atoms with Crippen LogP contribution in [0.4, 0.5) is 0 Å². The summed E-state index contributed by atoms with van der Waals surface area (Å²) in [5, 5.41) is 14.2. The van der Waals surface area contributed by atoms with Gasteiger partial charge in [0.15, 0.2) is 0 Å². The summed E-state index contributed by atoms with van der Waals surface area (Å²) < 4.78 is 4.50. The number of halogens is 2. The third-order valence-corrected chi connectivity index (χ3v) is 30.3. The third-order valence-electron chi connectivity index (χ3n) is 8.84. The molecule has 4 heteroatoms. The molecule has 0 atom stereocenters. The monoisotopic (exact) mass is 418 g/mol. The van der Waals surface area contributed by atoms with Crippen molar-refractivity contribution in [2.75, 3.05) is 0 Å². The summed E-state index contributed by atoms with van der Waals surface area (Å²) in [6, 6.07) is 11.0. The van der Waals surface area contributed by atoms with Gasteiger partial charge in [-0.25, -0.2) is 0 Å². The van der Waals surface area contributed by atoms with Gasteiger partial charge in [0.25, 0.3) is 0 Å². The summed E-state index contributed by atoms with van der Waals surface area (Å²) >= 11 is 0. The van der Waals surface area contributed by atoms with Crippen molar-refractivity contribution >= 4 is 43.5 Å². The second kappa shape index (κ2) is 4.28. The number of H-pyrrole nitrogens is 1. The summed E-state index contributed by atoms with van der Waals surface area (Å²) in [6.45, 7) is 4.68. The molecular formula is C21H34Cl2NTi. The first-order valence-electron chi connectivity index (χ1n) is 8.87. The molecule has 2 aromatic rings. The Morgan fingerprint density at radius 3 is 2.04 bits per heavy atom. The Labute approximate surface area is 157 Å². The molecule has 1 nitrogen and oxygen atoms in total. The maximum Gasteiger partial charge on any atom is -0.147 e. The van der Waals surface area contributed by atoms with Crippen LogP contribution in [0.1, 0.15) is 20.3 Å². The van der Waals surface area contributed by atoms with Crippen LogP contribution in [0.15, 0.2) is 52.4 Å². The number of para-hydroxylation sites is 1. The van der Waals surface area contributed by atoms with Crippen molar-refractivity contribution in [1.29, 1.82) is 0 Å². The summed E-state index contributed by atoms with van der Waals surface area (Å²) in [6.07, 6.45) is 7.94. The minimum Gasteiger partial charge on any atom is -0.147 e. The molecule has 25 heavy (non-hydrogen) atoms. The number of aromatic amines is 1. The summed E-state index contributed by atoms with van der Waals surface area (Å²) in [7, 11) is -4.80. The van der Waals surface area contributed by atoms with E-state index in [9.17, 15) is 0 Å². The fraction of sp³-hybridized carbons (Fsp3) is 0.381. The van der Waals surface area contributed by atoms with E-state index in [0.717, 1.165) is 6.42 Å². The van der Waals surface area contributed by atoms with Crippen LogP contribution in [-0.4, -0.2) is 8.80 Å². The van der Waals surface area contributed by atoms with Crippen LogP contribution >= 0.6 is 24.8 Å². The smallest absolute Gasteiger partial charge is 0.147 e. The van der Waals surface area contributed by atoms with Gasteiger partial charge in [-0.05, 0) is 0 Å². The van der Waals surface area contributed by atoms with E-state index in [4.69, 9.17) is 0 Å². The first-order chi connectivity index (χ1) is 10.1. The van der Waals surface area contributed by atoms with Crippen molar-refractivity contribution in [3.8, 4) is 0 Å². The maximum atomic E-state index is 3.84. The van der Waals surface area contributed by atoms with Gasteiger partial charge in [0.2, 0.25) is 0 Å². The molecule has 0 saturated heterocycles. The minimum atomic E-state index is -4.80. The van der Waals surface area contributed by atoms with E-state index in [2.05, 4.69) is 93.5 Å². The fourth-order valence-electron chi connectivity index (χ4n) is 4.20. The molecule has 0 saturated carbocycles. The first kappa shape index (κ1) is 22.4. The van der Waals surface area contributed by atoms with E-state index < -0.39 is 11.0 Å². The molecule has 0 bridgehead atoms. The quantitative estimate of drug-likeness (QED) is 0.495. The number of benzene rings is 1. The molecule has 1 N–H and O–H groups in total. The Balaban J connectivity index is 0.00000156. The molecule has 0 radical (unpaired) electrons. The fourth-order valence-corrected chi connectivity index (χ4v) is 13.4. The van der Waals surface area contributed by atoms with Crippen molar-refractivity contribution < 1.29 is 11.0 Å². The number of fused-ring (bicyclic) bond motifs is 1. The number of nitrogens with one attached hydrogen (secondary N) is 1. The number of aromatic nitrogens is 1. The summed E-state index contributed by atoms with van der Waals surface area (Å²) in [4.78, 5) is 3.84. The van der Waals surface area contributed by atoms with Crippen molar-refractivity contribution in [3.63, 3.8) is 0 Å². The summed E-state index contributed by atoms with van der Waals surface area (Å²) in [5.74, 6) is 0. The summed E-state index contributed by atoms with van der Waals surface area (Å²) in [5.41, 5.74) is 1.23. The minimum absolute atomic E-state index is 0. The predicted octanol–water partition coefficient (Wildman–Crippen LogP) is 7.23. The average molecular weight is 419 g/mol. The van der Waals surface area contributed by atoms with Crippen molar-refractivity contribution in [3.05, 3.63) is 52.4 Å². The molecule has 1 aliphatic carbocycles. The average Bonchev–Trinajstić information content (AvgIpc) is 3.09. The standard InChI is InChI=1S/C8H6N.C5H5.C3H6.5CH3.2ClH.Ti/c1-2-4-8-7(3-1)5-6-9-8;1-2-4-5-3-1;1-3-2;;;;;;;;/h1-5,9H;1-3H,4H2;1-2H3;5*1H3;2*1H;. The molecule has 1 aromatic heterocycles. The van der Waals surface area contributed by atoms with Crippen LogP contribution in [0.2, 0.25) is 26.1 Å². The normalized spacial score (nSPS) is 20.2. The zero-order chi connectivity index (χ0) is 17.3. The zero-order valence-electron chi connectivity index (χ0n) is 16.6. The van der Waals surface area contributed by atoms with Gasteiger partial charge in [-0.15, -0.1) is 24.8 Å². The van der Waals surface area contributed by atoms with E-state index in [-0.39, 0.29) is 24.8 Å². The van der Waals surface area contributed by atoms with Crippen molar-refractivity contribution in [2.45, 2.75) is 46.4 Å². The maximum absolute atomic E-state index is 4.80. The molecule has 0 spiro atoms. The van der Waals surface area contributed by atoms with Gasteiger partial charge in [-0.3, -0.25) is 0 Å². The van der Waals surface area contributed by atoms with Gasteiger partial charge < -0.3 is 0 Å². The van der Waals surface area contributed by atoms with Crippen molar-refractivity contribution in [2.24, 2.45) is 0 Å². The molecule has 141 valence electrons. The number of hydrogen-bond donors (Lipinski definition) is 1. The second-order valence-corrected chi connectivity index (χ2v) is 45.6. The van der Waals surface area contributed by atoms with Gasteiger partial charge >= 0.3 is 134 Å². The van der Waals surface area contributed by atoms with Gasteiger partial charge in [-0.2, -0.15) is 0 Å². The SMILES string of the molecule is C[C](C)=[Ti]([CH3])([CH3])([CH3])([CH3])([CH3])([C]1=CC=CC1)[c]1cc2ccccc2[nH]1.Cl.Cl. The van der Waals surface area contributed by atoms with E-state index in [1.165, 1.54) is 18.7 Å². The molecule has 1 aromatic carbocycles. The van der Waals surface area contributed by atoms with Crippen LogP contribution in [0.5, 0.6) is 0 Å². The Morgan fingerprint density at radius 1 is 0.960 bits per heavy atom. The van der Waals surface area contributed by atoms with Crippen LogP contribution in [-0.2, 0) is 11.0 Å². The molecule has 0 fully saturated rings. The van der Waals surface area contributed by atoms with Gasteiger partial charge in [0, 0.05) is 0 Å². The molecule has 0 amide bonds. The molecule has 0 unspecified atom stereocenters. The second-order valence-electron chi connectivity index (χ2n) is 13.7. The van der Waals surface area contributed by atoms with Crippen LogP contribution in [0.3, 0.4) is 0 Å². The van der Waals surface area contributed by atoms with Crippen LogP contribution in [0, 0.1) is 0 Å². The van der Waals surface area contributed by atoms with E-state index in [1.54, 1.807) is 3.88 Å². The predicted molar refractivity (Wildman–Crippen MR) is 120 cm³/mol. The zero-order valence-corrected chi connectivity index (χ0v) is 19.8. The number of allylic oxidation sites excluding steroid dienone is 4. The first-order valence-corrected chi connectivity index (χ1v) is 19.0. The third kappa shape index (κ3) is 2.36. The Hall–Kier alpha value is -0.596. The molecule has 1 heterocycles. The molecule has 0 aliphatic heterocycles. The molecule has 1 aliphatic rings. The van der Waals surface area contributed by atoms with Crippen LogP contribution in [0.25, 0.3) is 10.9 Å². The van der Waals surface area contributed by atoms with Crippen LogP contribution < -0.4 is 4.00 Å². The van der Waals surface area contributed by atoms with E-state index >= 15 is 0 Å². The molecule has 3 rings (SSSR count). The van der Waals surface area contributed by atoms with Gasteiger partial charge in [-0.1, -0.05) is 0 Å². The van der Waals surface area contributed by atoms with Crippen molar-refractivity contribution in [1.82, 2.24) is 4.98 Å². The Morgan fingerprint density at radius 2 is 1.56 bits per heavy atom.